The van der Waals surface area contributed by atoms with E-state index in [0.29, 0.717) is 22.8 Å². The first-order valence-corrected chi connectivity index (χ1v) is 6.25. The van der Waals surface area contributed by atoms with Crippen LogP contribution in [0.25, 0.3) is 11.2 Å². The number of aromatic amines is 1. The van der Waals surface area contributed by atoms with Gasteiger partial charge in [0, 0.05) is 5.92 Å². The van der Waals surface area contributed by atoms with Crippen LogP contribution in [-0.4, -0.2) is 20.2 Å². The van der Waals surface area contributed by atoms with Crippen LogP contribution in [0.3, 0.4) is 0 Å². The van der Waals surface area contributed by atoms with Crippen LogP contribution >= 0.6 is 0 Å². The molecular formula is C13H12F2N4. The Labute approximate surface area is 108 Å². The van der Waals surface area contributed by atoms with E-state index < -0.39 is 6.43 Å². The van der Waals surface area contributed by atoms with E-state index in [1.54, 1.807) is 0 Å². The summed E-state index contributed by atoms with van der Waals surface area (Å²) in [7, 11) is 0. The third-order valence-corrected chi connectivity index (χ3v) is 3.26. The molecule has 2 aromatic rings. The molecule has 6 heteroatoms. The maximum Gasteiger partial charge on any atom is 0.281 e. The Bertz CT molecular complexity index is 647. The summed E-state index contributed by atoms with van der Waals surface area (Å²) in [5.41, 5.74) is 0.762. The summed E-state index contributed by atoms with van der Waals surface area (Å²) in [6.45, 7) is 0. The van der Waals surface area contributed by atoms with Gasteiger partial charge in [0.15, 0.2) is 0 Å². The van der Waals surface area contributed by atoms with Crippen LogP contribution in [0.5, 0.6) is 0 Å². The third kappa shape index (κ3) is 2.41. The van der Waals surface area contributed by atoms with Gasteiger partial charge in [0.2, 0.25) is 5.65 Å². The molecule has 0 radical (unpaired) electrons. The van der Waals surface area contributed by atoms with Crippen molar-refractivity contribution in [3.05, 3.63) is 17.6 Å². The molecule has 0 aromatic carbocycles. The molecular weight excluding hydrogens is 250 g/mol. The maximum absolute atomic E-state index is 12.6. The zero-order valence-electron chi connectivity index (χ0n) is 10.2. The van der Waals surface area contributed by atoms with E-state index in [9.17, 15) is 8.78 Å². The van der Waals surface area contributed by atoms with Crippen molar-refractivity contribution >= 4 is 11.2 Å². The SMILES string of the molecule is FC(F)c1cnc2n[nH]c(C#CC3CCCC3)c2n1. The third-order valence-electron chi connectivity index (χ3n) is 3.26. The Kier molecular flexibility index (Phi) is 3.11. The summed E-state index contributed by atoms with van der Waals surface area (Å²) >= 11 is 0. The average molecular weight is 262 g/mol. The molecule has 1 saturated carbocycles. The molecule has 0 bridgehead atoms. The van der Waals surface area contributed by atoms with E-state index in [1.165, 1.54) is 12.8 Å². The van der Waals surface area contributed by atoms with Crippen LogP contribution in [-0.2, 0) is 0 Å². The number of fused-ring (bicyclic) bond motifs is 1. The second-order valence-corrected chi connectivity index (χ2v) is 4.62. The quantitative estimate of drug-likeness (QED) is 0.804. The van der Waals surface area contributed by atoms with Crippen molar-refractivity contribution in [1.82, 2.24) is 20.2 Å². The molecule has 98 valence electrons. The minimum absolute atomic E-state index is 0.320. The molecule has 1 aliphatic carbocycles. The van der Waals surface area contributed by atoms with Crippen LogP contribution in [0.2, 0.25) is 0 Å². The molecule has 1 N–H and O–H groups in total. The van der Waals surface area contributed by atoms with E-state index in [2.05, 4.69) is 32.0 Å². The number of hydrogen-bond donors (Lipinski definition) is 1. The van der Waals surface area contributed by atoms with Crippen LogP contribution in [0.1, 0.15) is 43.5 Å². The first-order valence-electron chi connectivity index (χ1n) is 6.25. The summed E-state index contributed by atoms with van der Waals surface area (Å²) in [5, 5.41) is 6.63. The smallest absolute Gasteiger partial charge is 0.266 e. The molecule has 3 rings (SSSR count). The molecule has 1 fully saturated rings. The van der Waals surface area contributed by atoms with E-state index >= 15 is 0 Å². The van der Waals surface area contributed by atoms with Crippen molar-refractivity contribution in [2.75, 3.05) is 0 Å². The summed E-state index contributed by atoms with van der Waals surface area (Å²) < 4.78 is 25.2. The monoisotopic (exact) mass is 262 g/mol. The normalized spacial score (nSPS) is 15.9. The van der Waals surface area contributed by atoms with E-state index in [1.807, 2.05) is 0 Å². The Morgan fingerprint density at radius 2 is 2.11 bits per heavy atom. The lowest BCUT2D eigenvalue weighted by Crippen LogP contribution is -1.93. The molecule has 0 saturated heterocycles. The van der Waals surface area contributed by atoms with Gasteiger partial charge in [-0.2, -0.15) is 5.10 Å². The molecule has 0 atom stereocenters. The zero-order chi connectivity index (χ0) is 13.2. The lowest BCUT2D eigenvalue weighted by Gasteiger charge is -1.97. The summed E-state index contributed by atoms with van der Waals surface area (Å²) in [4.78, 5) is 7.72. The highest BCUT2D eigenvalue weighted by Gasteiger charge is 2.15. The fourth-order valence-electron chi connectivity index (χ4n) is 2.24. The standard InChI is InChI=1S/C13H12F2N4/c14-12(15)10-7-16-13-11(17-10)9(18-19-13)6-5-8-3-1-2-4-8/h7-8,12H,1-4H2,(H,16,18,19). The highest BCUT2D eigenvalue weighted by Crippen LogP contribution is 2.24. The van der Waals surface area contributed by atoms with Crippen molar-refractivity contribution in [2.45, 2.75) is 32.1 Å². The number of alkyl halides is 2. The molecule has 0 spiro atoms. The summed E-state index contributed by atoms with van der Waals surface area (Å²) in [5.74, 6) is 6.50. The van der Waals surface area contributed by atoms with Crippen molar-refractivity contribution in [3.63, 3.8) is 0 Å². The Morgan fingerprint density at radius 3 is 2.84 bits per heavy atom. The van der Waals surface area contributed by atoms with Gasteiger partial charge in [-0.1, -0.05) is 18.8 Å². The van der Waals surface area contributed by atoms with Gasteiger partial charge < -0.3 is 0 Å². The Hall–Kier alpha value is -2.03. The highest BCUT2D eigenvalue weighted by molar-refractivity contribution is 5.76. The second kappa shape index (κ2) is 4.92. The largest absolute Gasteiger partial charge is 0.281 e. The fraction of sp³-hybridized carbons (Fsp3) is 0.462. The molecule has 0 unspecified atom stereocenters. The minimum Gasteiger partial charge on any atom is -0.266 e. The van der Waals surface area contributed by atoms with Gasteiger partial charge >= 0.3 is 0 Å². The van der Waals surface area contributed by atoms with E-state index in [-0.39, 0.29) is 5.69 Å². The van der Waals surface area contributed by atoms with Crippen LogP contribution in [0, 0.1) is 17.8 Å². The number of nitrogens with one attached hydrogen (secondary N) is 1. The Morgan fingerprint density at radius 1 is 1.32 bits per heavy atom. The van der Waals surface area contributed by atoms with Gasteiger partial charge in [-0.15, -0.1) is 0 Å². The zero-order valence-corrected chi connectivity index (χ0v) is 10.2. The van der Waals surface area contributed by atoms with Gasteiger partial charge in [-0.25, -0.2) is 18.7 Å². The molecule has 0 amide bonds. The molecule has 4 nitrogen and oxygen atoms in total. The van der Waals surface area contributed by atoms with Gasteiger partial charge in [-0.3, -0.25) is 5.10 Å². The molecule has 0 aliphatic heterocycles. The number of H-pyrrole nitrogens is 1. The summed E-state index contributed by atoms with van der Waals surface area (Å²) in [6.07, 6.45) is 3.03. The van der Waals surface area contributed by atoms with Crippen molar-refractivity contribution in [2.24, 2.45) is 5.92 Å². The topological polar surface area (TPSA) is 54.5 Å². The van der Waals surface area contributed by atoms with Gasteiger partial charge in [0.05, 0.1) is 6.20 Å². The van der Waals surface area contributed by atoms with Crippen molar-refractivity contribution < 1.29 is 8.78 Å². The second-order valence-electron chi connectivity index (χ2n) is 4.62. The predicted octanol–water partition coefficient (Wildman–Crippen LogP) is 2.83. The van der Waals surface area contributed by atoms with Gasteiger partial charge in [0.25, 0.3) is 6.43 Å². The van der Waals surface area contributed by atoms with Crippen LogP contribution in [0.4, 0.5) is 8.78 Å². The lowest BCUT2D eigenvalue weighted by atomic mass is 10.1. The summed E-state index contributed by atoms with van der Waals surface area (Å²) in [6, 6.07) is 0. The van der Waals surface area contributed by atoms with Crippen LogP contribution in [0.15, 0.2) is 6.20 Å². The van der Waals surface area contributed by atoms with Crippen molar-refractivity contribution in [1.29, 1.82) is 0 Å². The lowest BCUT2D eigenvalue weighted by molar-refractivity contribution is 0.146. The highest BCUT2D eigenvalue weighted by atomic mass is 19.3. The number of nitrogens with zero attached hydrogens (tertiary/aromatic N) is 3. The molecule has 2 heterocycles. The molecule has 19 heavy (non-hydrogen) atoms. The minimum atomic E-state index is -2.64. The number of halogens is 2. The number of hydrogen-bond acceptors (Lipinski definition) is 3. The van der Waals surface area contributed by atoms with Gasteiger partial charge in [-0.05, 0) is 18.8 Å². The van der Waals surface area contributed by atoms with E-state index in [4.69, 9.17) is 0 Å². The van der Waals surface area contributed by atoms with E-state index in [0.717, 1.165) is 19.0 Å². The first-order chi connectivity index (χ1) is 9.24. The van der Waals surface area contributed by atoms with Crippen LogP contribution < -0.4 is 0 Å². The fourth-order valence-corrected chi connectivity index (χ4v) is 2.24. The first kappa shape index (κ1) is 12.0. The average Bonchev–Trinajstić information content (AvgIpc) is 3.05. The maximum atomic E-state index is 12.6. The molecule has 2 aromatic heterocycles. The number of aromatic nitrogens is 4. The van der Waals surface area contributed by atoms with Crippen molar-refractivity contribution in [3.8, 4) is 11.8 Å². The number of rotatable bonds is 1. The molecule has 1 aliphatic rings. The Balaban J connectivity index is 1.96. The predicted molar refractivity (Wildman–Crippen MR) is 65.5 cm³/mol. The van der Waals surface area contributed by atoms with Gasteiger partial charge in [0.1, 0.15) is 16.9 Å².